The second kappa shape index (κ2) is 6.26. The fourth-order valence-corrected chi connectivity index (χ4v) is 1.73. The summed E-state index contributed by atoms with van der Waals surface area (Å²) < 4.78 is 0. The molecule has 0 aliphatic rings. The number of primary amides is 1. The molecule has 1 aromatic rings. The molecule has 0 bridgehead atoms. The molecule has 18 heavy (non-hydrogen) atoms. The standard InChI is InChI=1S/C13H21N3O2/c1-8(2)5-10(17)7-16-12-4-3-9(13(15)18)6-11(12)14/h3-4,6,8,10,16-17H,5,7,14H2,1-2H3,(H2,15,18). The van der Waals surface area contributed by atoms with Crippen molar-refractivity contribution in [3.8, 4) is 0 Å². The number of hydrogen-bond acceptors (Lipinski definition) is 4. The molecule has 0 aliphatic carbocycles. The van der Waals surface area contributed by atoms with Crippen LogP contribution in [0.5, 0.6) is 0 Å². The van der Waals surface area contributed by atoms with Crippen molar-refractivity contribution in [3.63, 3.8) is 0 Å². The van der Waals surface area contributed by atoms with Gasteiger partial charge in [0.25, 0.3) is 0 Å². The molecule has 1 unspecified atom stereocenters. The van der Waals surface area contributed by atoms with Crippen LogP contribution in [0.3, 0.4) is 0 Å². The first-order valence-corrected chi connectivity index (χ1v) is 6.01. The molecule has 0 radical (unpaired) electrons. The first kappa shape index (κ1) is 14.3. The Kier molecular flexibility index (Phi) is 4.97. The summed E-state index contributed by atoms with van der Waals surface area (Å²) in [4.78, 5) is 11.0. The van der Waals surface area contributed by atoms with Crippen molar-refractivity contribution in [2.45, 2.75) is 26.4 Å². The molecule has 5 nitrogen and oxygen atoms in total. The lowest BCUT2D eigenvalue weighted by Crippen LogP contribution is -2.21. The van der Waals surface area contributed by atoms with Crippen LogP contribution in [0.4, 0.5) is 11.4 Å². The maximum absolute atomic E-state index is 11.0. The van der Waals surface area contributed by atoms with E-state index in [1.807, 2.05) is 0 Å². The number of carbonyl (C=O) groups is 1. The number of carbonyl (C=O) groups excluding carboxylic acids is 1. The number of aliphatic hydroxyl groups is 1. The molecular formula is C13H21N3O2. The number of nitrogens with one attached hydrogen (secondary N) is 1. The Labute approximate surface area is 107 Å². The van der Waals surface area contributed by atoms with Crippen LogP contribution < -0.4 is 16.8 Å². The minimum Gasteiger partial charge on any atom is -0.397 e. The van der Waals surface area contributed by atoms with E-state index in [0.717, 1.165) is 6.42 Å². The molecule has 100 valence electrons. The molecular weight excluding hydrogens is 230 g/mol. The Morgan fingerprint density at radius 2 is 2.11 bits per heavy atom. The molecule has 0 spiro atoms. The van der Waals surface area contributed by atoms with Gasteiger partial charge in [0, 0.05) is 12.1 Å². The quantitative estimate of drug-likeness (QED) is 0.570. The Morgan fingerprint density at radius 1 is 1.44 bits per heavy atom. The molecule has 6 N–H and O–H groups in total. The zero-order chi connectivity index (χ0) is 13.7. The van der Waals surface area contributed by atoms with Crippen molar-refractivity contribution in [3.05, 3.63) is 23.8 Å². The van der Waals surface area contributed by atoms with Crippen molar-refractivity contribution < 1.29 is 9.90 Å². The summed E-state index contributed by atoms with van der Waals surface area (Å²) >= 11 is 0. The molecule has 0 saturated carbocycles. The normalized spacial score (nSPS) is 12.4. The number of aliphatic hydroxyl groups excluding tert-OH is 1. The number of nitrogen functional groups attached to an aromatic ring is 1. The molecule has 0 fully saturated rings. The number of benzene rings is 1. The van der Waals surface area contributed by atoms with Crippen molar-refractivity contribution in [2.75, 3.05) is 17.6 Å². The Bertz CT molecular complexity index is 419. The van der Waals surface area contributed by atoms with Crippen LogP contribution in [-0.4, -0.2) is 23.7 Å². The van der Waals surface area contributed by atoms with Gasteiger partial charge in [-0.25, -0.2) is 0 Å². The first-order chi connectivity index (χ1) is 8.40. The van der Waals surface area contributed by atoms with Gasteiger partial charge in [0.2, 0.25) is 5.91 Å². The predicted octanol–water partition coefficient (Wildman–Crippen LogP) is 1.19. The summed E-state index contributed by atoms with van der Waals surface area (Å²) in [6, 6.07) is 4.83. The van der Waals surface area contributed by atoms with Gasteiger partial charge in [0.1, 0.15) is 0 Å². The largest absolute Gasteiger partial charge is 0.397 e. The highest BCUT2D eigenvalue weighted by Gasteiger charge is 2.09. The Hall–Kier alpha value is -1.75. The lowest BCUT2D eigenvalue weighted by atomic mass is 10.1. The highest BCUT2D eigenvalue weighted by molar-refractivity contribution is 5.94. The molecule has 0 aliphatic heterocycles. The van der Waals surface area contributed by atoms with Crippen LogP contribution in [0.2, 0.25) is 0 Å². The van der Waals surface area contributed by atoms with E-state index in [1.54, 1.807) is 12.1 Å². The summed E-state index contributed by atoms with van der Waals surface area (Å²) in [7, 11) is 0. The van der Waals surface area contributed by atoms with E-state index in [1.165, 1.54) is 6.07 Å². The van der Waals surface area contributed by atoms with Crippen molar-refractivity contribution >= 4 is 17.3 Å². The molecule has 1 aromatic carbocycles. The number of anilines is 2. The first-order valence-electron chi connectivity index (χ1n) is 6.01. The number of hydrogen-bond donors (Lipinski definition) is 4. The molecule has 1 amide bonds. The zero-order valence-corrected chi connectivity index (χ0v) is 10.8. The second-order valence-corrected chi connectivity index (χ2v) is 4.83. The number of amides is 1. The smallest absolute Gasteiger partial charge is 0.248 e. The maximum Gasteiger partial charge on any atom is 0.248 e. The maximum atomic E-state index is 11.0. The monoisotopic (exact) mass is 251 g/mol. The average molecular weight is 251 g/mol. The lowest BCUT2D eigenvalue weighted by molar-refractivity contribution is 0.100. The summed E-state index contributed by atoms with van der Waals surface area (Å²) in [6.45, 7) is 4.54. The van der Waals surface area contributed by atoms with E-state index in [2.05, 4.69) is 19.2 Å². The average Bonchev–Trinajstić information content (AvgIpc) is 2.26. The summed E-state index contributed by atoms with van der Waals surface area (Å²) in [5.41, 5.74) is 12.5. The van der Waals surface area contributed by atoms with Crippen LogP contribution in [-0.2, 0) is 0 Å². The molecule has 1 rings (SSSR count). The van der Waals surface area contributed by atoms with Gasteiger partial charge in [-0.3, -0.25) is 4.79 Å². The Balaban J connectivity index is 2.60. The SMILES string of the molecule is CC(C)CC(O)CNc1ccc(C(N)=O)cc1N. The van der Waals surface area contributed by atoms with Gasteiger partial charge in [-0.2, -0.15) is 0 Å². The molecule has 0 saturated heterocycles. The summed E-state index contributed by atoms with van der Waals surface area (Å²) in [5, 5.41) is 12.8. The van der Waals surface area contributed by atoms with Gasteiger partial charge in [-0.15, -0.1) is 0 Å². The van der Waals surface area contributed by atoms with Crippen LogP contribution in [0, 0.1) is 5.92 Å². The van der Waals surface area contributed by atoms with E-state index >= 15 is 0 Å². The van der Waals surface area contributed by atoms with Crippen molar-refractivity contribution in [2.24, 2.45) is 11.7 Å². The van der Waals surface area contributed by atoms with E-state index < -0.39 is 12.0 Å². The van der Waals surface area contributed by atoms with Gasteiger partial charge < -0.3 is 21.9 Å². The predicted molar refractivity (Wildman–Crippen MR) is 73.3 cm³/mol. The summed E-state index contributed by atoms with van der Waals surface area (Å²) in [5.74, 6) is -0.0653. The summed E-state index contributed by atoms with van der Waals surface area (Å²) in [6.07, 6.45) is 0.312. The molecule has 0 aromatic heterocycles. The minimum atomic E-state index is -0.506. The number of nitrogens with two attached hydrogens (primary N) is 2. The van der Waals surface area contributed by atoms with Crippen LogP contribution >= 0.6 is 0 Å². The molecule has 0 heterocycles. The van der Waals surface area contributed by atoms with Crippen LogP contribution in [0.1, 0.15) is 30.6 Å². The third-order valence-electron chi connectivity index (χ3n) is 2.61. The van der Waals surface area contributed by atoms with E-state index in [-0.39, 0.29) is 0 Å². The van der Waals surface area contributed by atoms with Gasteiger partial charge in [0.05, 0.1) is 17.5 Å². The van der Waals surface area contributed by atoms with Gasteiger partial charge in [-0.05, 0) is 30.5 Å². The van der Waals surface area contributed by atoms with E-state index in [0.29, 0.717) is 29.4 Å². The van der Waals surface area contributed by atoms with E-state index in [4.69, 9.17) is 11.5 Å². The van der Waals surface area contributed by atoms with Crippen LogP contribution in [0.25, 0.3) is 0 Å². The fraction of sp³-hybridized carbons (Fsp3) is 0.462. The minimum absolute atomic E-state index is 0.376. The van der Waals surface area contributed by atoms with E-state index in [9.17, 15) is 9.90 Å². The zero-order valence-electron chi connectivity index (χ0n) is 10.8. The van der Waals surface area contributed by atoms with Crippen molar-refractivity contribution in [1.82, 2.24) is 0 Å². The molecule has 5 heteroatoms. The van der Waals surface area contributed by atoms with Crippen LogP contribution in [0.15, 0.2) is 18.2 Å². The fourth-order valence-electron chi connectivity index (χ4n) is 1.73. The van der Waals surface area contributed by atoms with Gasteiger partial charge >= 0.3 is 0 Å². The van der Waals surface area contributed by atoms with Crippen molar-refractivity contribution in [1.29, 1.82) is 0 Å². The van der Waals surface area contributed by atoms with Gasteiger partial charge in [0.15, 0.2) is 0 Å². The highest BCUT2D eigenvalue weighted by atomic mass is 16.3. The van der Waals surface area contributed by atoms with Gasteiger partial charge in [-0.1, -0.05) is 13.8 Å². The topological polar surface area (TPSA) is 101 Å². The lowest BCUT2D eigenvalue weighted by Gasteiger charge is -2.16. The Morgan fingerprint density at radius 3 is 2.61 bits per heavy atom. The second-order valence-electron chi connectivity index (χ2n) is 4.83. The third-order valence-corrected chi connectivity index (χ3v) is 2.61. The third kappa shape index (κ3) is 4.25. The highest BCUT2D eigenvalue weighted by Crippen LogP contribution is 2.20. The molecule has 1 atom stereocenters. The number of rotatable bonds is 6.